The molecule has 2 bridgehead atoms. The molecule has 6 nitrogen and oxygen atoms in total. The van der Waals surface area contributed by atoms with Crippen LogP contribution < -0.4 is 10.6 Å². The molecule has 3 N–H and O–H groups in total. The fourth-order valence-electron chi connectivity index (χ4n) is 5.22. The van der Waals surface area contributed by atoms with E-state index in [1.54, 1.807) is 0 Å². The van der Waals surface area contributed by atoms with Gasteiger partial charge in [0.1, 0.15) is 0 Å². The van der Waals surface area contributed by atoms with Gasteiger partial charge in [0.2, 0.25) is 5.91 Å². The molecule has 138 valence electrons. The molecular formula is C19H31N5O. The molecule has 3 aliphatic heterocycles. The Balaban J connectivity index is 1.27. The van der Waals surface area contributed by atoms with Gasteiger partial charge in [-0.25, -0.2) is 0 Å². The highest BCUT2D eigenvalue weighted by Crippen LogP contribution is 2.38. The molecule has 0 spiro atoms. The molecule has 0 saturated carbocycles. The molecule has 1 amide bonds. The van der Waals surface area contributed by atoms with Crippen LogP contribution in [0.1, 0.15) is 44.1 Å². The summed E-state index contributed by atoms with van der Waals surface area (Å²) >= 11 is 0. The number of nitrogens with zero attached hydrogens (tertiary/aromatic N) is 2. The Bertz CT molecular complexity index is 560. The van der Waals surface area contributed by atoms with Gasteiger partial charge in [-0.3, -0.25) is 14.8 Å². The molecule has 3 saturated heterocycles. The standard InChI is InChI=1S/C19H31N5O/c25-19(6-3-4-14-9-22-23-10-14)21-13-18-16-8-15(11-20-12-16)17-5-1-2-7-24(17)18/h9-10,15-18,20H,1-8,11-13H2,(H,21,25)(H,22,23)/t15-,16+,17+,18+/m1/s1. The Labute approximate surface area is 150 Å². The first-order valence-corrected chi connectivity index (χ1v) is 10.0. The largest absolute Gasteiger partial charge is 0.355 e. The number of aromatic nitrogens is 2. The van der Waals surface area contributed by atoms with Gasteiger partial charge in [-0.15, -0.1) is 0 Å². The van der Waals surface area contributed by atoms with Crippen molar-refractivity contribution in [3.05, 3.63) is 18.0 Å². The maximum absolute atomic E-state index is 12.3. The van der Waals surface area contributed by atoms with E-state index < -0.39 is 0 Å². The van der Waals surface area contributed by atoms with E-state index in [0.717, 1.165) is 37.9 Å². The van der Waals surface area contributed by atoms with E-state index >= 15 is 0 Å². The smallest absolute Gasteiger partial charge is 0.220 e. The van der Waals surface area contributed by atoms with Gasteiger partial charge in [-0.2, -0.15) is 5.10 Å². The summed E-state index contributed by atoms with van der Waals surface area (Å²) in [6, 6.07) is 1.26. The van der Waals surface area contributed by atoms with Crippen molar-refractivity contribution in [2.24, 2.45) is 11.8 Å². The van der Waals surface area contributed by atoms with Crippen LogP contribution in [-0.2, 0) is 11.2 Å². The van der Waals surface area contributed by atoms with Crippen molar-refractivity contribution in [3.63, 3.8) is 0 Å². The molecule has 0 aromatic carbocycles. The van der Waals surface area contributed by atoms with Crippen LogP contribution >= 0.6 is 0 Å². The molecule has 0 aliphatic carbocycles. The van der Waals surface area contributed by atoms with Gasteiger partial charge in [-0.1, -0.05) is 6.42 Å². The quantitative estimate of drug-likeness (QED) is 0.727. The van der Waals surface area contributed by atoms with E-state index in [0.29, 0.717) is 18.4 Å². The first-order valence-electron chi connectivity index (χ1n) is 10.0. The maximum atomic E-state index is 12.3. The van der Waals surface area contributed by atoms with Crippen molar-refractivity contribution in [2.75, 3.05) is 26.2 Å². The zero-order valence-corrected chi connectivity index (χ0v) is 15.0. The number of carbonyl (C=O) groups is 1. The van der Waals surface area contributed by atoms with E-state index in [1.165, 1.54) is 44.3 Å². The maximum Gasteiger partial charge on any atom is 0.220 e. The lowest BCUT2D eigenvalue weighted by Gasteiger charge is -2.55. The zero-order chi connectivity index (χ0) is 17.1. The van der Waals surface area contributed by atoms with Gasteiger partial charge in [0.05, 0.1) is 6.20 Å². The first-order chi connectivity index (χ1) is 12.3. The summed E-state index contributed by atoms with van der Waals surface area (Å²) in [5.41, 5.74) is 1.18. The van der Waals surface area contributed by atoms with Crippen molar-refractivity contribution < 1.29 is 4.79 Å². The Kier molecular flexibility index (Phi) is 5.36. The minimum atomic E-state index is 0.197. The van der Waals surface area contributed by atoms with Crippen molar-refractivity contribution in [1.82, 2.24) is 25.7 Å². The Morgan fingerprint density at radius 1 is 1.32 bits per heavy atom. The van der Waals surface area contributed by atoms with Gasteiger partial charge in [0.25, 0.3) is 0 Å². The molecule has 3 aliphatic rings. The number of aromatic amines is 1. The number of nitrogens with one attached hydrogen (secondary N) is 3. The molecule has 4 heterocycles. The Morgan fingerprint density at radius 2 is 2.24 bits per heavy atom. The number of piperidine rings is 3. The monoisotopic (exact) mass is 345 g/mol. The topological polar surface area (TPSA) is 73.0 Å². The van der Waals surface area contributed by atoms with Gasteiger partial charge in [0, 0.05) is 31.2 Å². The van der Waals surface area contributed by atoms with Crippen LogP contribution in [-0.4, -0.2) is 59.3 Å². The Hall–Kier alpha value is -1.40. The SMILES string of the molecule is O=C(CCCc1cn[nH]c1)NC[C@H]1[C@@H]2CNC[C@@H](C2)[C@@H]2CCCCN21. The minimum Gasteiger partial charge on any atom is -0.355 e. The molecule has 3 fully saturated rings. The fourth-order valence-corrected chi connectivity index (χ4v) is 5.22. The summed E-state index contributed by atoms with van der Waals surface area (Å²) in [7, 11) is 0. The van der Waals surface area contributed by atoms with Crippen LogP contribution in [0.25, 0.3) is 0 Å². The average Bonchev–Trinajstić information content (AvgIpc) is 3.15. The molecule has 1 aromatic heterocycles. The second-order valence-corrected chi connectivity index (χ2v) is 8.05. The number of rotatable bonds is 6. The van der Waals surface area contributed by atoms with Crippen LogP contribution in [0.3, 0.4) is 0 Å². The predicted octanol–water partition coefficient (Wildman–Crippen LogP) is 1.31. The molecule has 4 rings (SSSR count). The van der Waals surface area contributed by atoms with E-state index in [2.05, 4.69) is 25.7 Å². The molecule has 4 atom stereocenters. The second kappa shape index (κ2) is 7.87. The number of hydrogen-bond donors (Lipinski definition) is 3. The van der Waals surface area contributed by atoms with Gasteiger partial charge in [-0.05, 0) is 69.1 Å². The lowest BCUT2D eigenvalue weighted by Crippen LogP contribution is -2.65. The van der Waals surface area contributed by atoms with Crippen molar-refractivity contribution in [3.8, 4) is 0 Å². The summed E-state index contributed by atoms with van der Waals surface area (Å²) in [4.78, 5) is 15.0. The number of carbonyl (C=O) groups excluding carboxylic acids is 1. The highest BCUT2D eigenvalue weighted by molar-refractivity contribution is 5.75. The summed E-state index contributed by atoms with van der Waals surface area (Å²) in [6.07, 6.45) is 11.5. The summed E-state index contributed by atoms with van der Waals surface area (Å²) in [6.45, 7) is 4.34. The van der Waals surface area contributed by atoms with E-state index in [-0.39, 0.29) is 5.91 Å². The summed E-state index contributed by atoms with van der Waals surface area (Å²) in [5.74, 6) is 1.71. The van der Waals surface area contributed by atoms with Crippen LogP contribution in [0.5, 0.6) is 0 Å². The normalized spacial score (nSPS) is 32.2. The zero-order valence-electron chi connectivity index (χ0n) is 15.0. The third kappa shape index (κ3) is 3.90. The molecular weight excluding hydrogens is 314 g/mol. The van der Waals surface area contributed by atoms with Crippen molar-refractivity contribution in [1.29, 1.82) is 0 Å². The molecule has 6 heteroatoms. The van der Waals surface area contributed by atoms with Crippen LogP contribution in [0.4, 0.5) is 0 Å². The van der Waals surface area contributed by atoms with Crippen LogP contribution in [0, 0.1) is 11.8 Å². The number of amides is 1. The molecule has 0 radical (unpaired) electrons. The molecule has 0 unspecified atom stereocenters. The van der Waals surface area contributed by atoms with Gasteiger partial charge in [0.15, 0.2) is 0 Å². The van der Waals surface area contributed by atoms with Crippen molar-refractivity contribution >= 4 is 5.91 Å². The molecule has 25 heavy (non-hydrogen) atoms. The third-order valence-electron chi connectivity index (χ3n) is 6.46. The number of H-pyrrole nitrogens is 1. The number of hydrogen-bond acceptors (Lipinski definition) is 4. The fraction of sp³-hybridized carbons (Fsp3) is 0.789. The predicted molar refractivity (Wildman–Crippen MR) is 97.1 cm³/mol. The number of fused-ring (bicyclic) bond motifs is 4. The second-order valence-electron chi connectivity index (χ2n) is 8.05. The first kappa shape index (κ1) is 17.0. The number of aryl methyl sites for hydroxylation is 1. The Morgan fingerprint density at radius 3 is 3.12 bits per heavy atom. The van der Waals surface area contributed by atoms with Crippen molar-refractivity contribution in [2.45, 2.75) is 57.0 Å². The lowest BCUT2D eigenvalue weighted by atomic mass is 9.73. The van der Waals surface area contributed by atoms with E-state index in [1.807, 2.05) is 12.4 Å². The van der Waals surface area contributed by atoms with E-state index in [9.17, 15) is 4.79 Å². The highest BCUT2D eigenvalue weighted by atomic mass is 16.1. The summed E-state index contributed by atoms with van der Waals surface area (Å²) in [5, 5.41) is 13.6. The van der Waals surface area contributed by atoms with E-state index in [4.69, 9.17) is 0 Å². The van der Waals surface area contributed by atoms with Crippen LogP contribution in [0.2, 0.25) is 0 Å². The molecule has 1 aromatic rings. The summed E-state index contributed by atoms with van der Waals surface area (Å²) < 4.78 is 0. The van der Waals surface area contributed by atoms with Gasteiger partial charge < -0.3 is 10.6 Å². The minimum absolute atomic E-state index is 0.197. The van der Waals surface area contributed by atoms with Gasteiger partial charge >= 0.3 is 0 Å². The average molecular weight is 345 g/mol. The lowest BCUT2D eigenvalue weighted by molar-refractivity contribution is -0.122. The highest BCUT2D eigenvalue weighted by Gasteiger charge is 2.45. The van der Waals surface area contributed by atoms with Crippen LogP contribution in [0.15, 0.2) is 12.4 Å². The third-order valence-corrected chi connectivity index (χ3v) is 6.46.